The van der Waals surface area contributed by atoms with Crippen LogP contribution in [0.3, 0.4) is 0 Å². The van der Waals surface area contributed by atoms with Gasteiger partial charge in [-0.1, -0.05) is 12.1 Å². The number of aryl methyl sites for hydroxylation is 2. The van der Waals surface area contributed by atoms with Crippen LogP contribution in [0.25, 0.3) is 0 Å². The first kappa shape index (κ1) is 15.5. The molecule has 6 heteroatoms. The Morgan fingerprint density at radius 1 is 0.952 bits per heavy atom. The molecule has 0 bridgehead atoms. The summed E-state index contributed by atoms with van der Waals surface area (Å²) in [6.45, 7) is 9.75. The van der Waals surface area contributed by atoms with Gasteiger partial charge in [0.15, 0.2) is 0 Å². The fourth-order valence-electron chi connectivity index (χ4n) is 1.80. The summed E-state index contributed by atoms with van der Waals surface area (Å²) in [6.07, 6.45) is -0.0567. The summed E-state index contributed by atoms with van der Waals surface area (Å²) in [5, 5.41) is 0.0404. The van der Waals surface area contributed by atoms with E-state index in [1.807, 2.05) is 46.8 Å². The first-order valence-corrected chi connectivity index (χ1v) is 7.07. The van der Waals surface area contributed by atoms with E-state index in [-0.39, 0.29) is 23.4 Å². The van der Waals surface area contributed by atoms with Gasteiger partial charge in [0, 0.05) is 0 Å². The Morgan fingerprint density at radius 3 is 2.24 bits per heavy atom. The van der Waals surface area contributed by atoms with Crippen LogP contribution in [-0.4, -0.2) is 21.1 Å². The number of ether oxygens (including phenoxy) is 2. The summed E-state index contributed by atoms with van der Waals surface area (Å²) in [4.78, 5) is 12.0. The van der Waals surface area contributed by atoms with Gasteiger partial charge in [0.1, 0.15) is 5.75 Å². The van der Waals surface area contributed by atoms with Gasteiger partial charge in [-0.05, 0) is 62.9 Å². The third-order valence-corrected chi connectivity index (χ3v) is 3.14. The van der Waals surface area contributed by atoms with E-state index in [9.17, 15) is 0 Å². The topological polar surface area (TPSA) is 57.1 Å². The van der Waals surface area contributed by atoms with Crippen LogP contribution < -0.4 is 9.47 Å². The lowest BCUT2D eigenvalue weighted by Crippen LogP contribution is -2.09. The van der Waals surface area contributed by atoms with E-state index >= 15 is 0 Å². The first-order chi connectivity index (χ1) is 9.86. The number of hydrogen-bond donors (Lipinski definition) is 0. The number of aromatic nitrogens is 3. The van der Waals surface area contributed by atoms with Crippen molar-refractivity contribution in [2.75, 3.05) is 0 Å². The Kier molecular flexibility index (Phi) is 4.63. The summed E-state index contributed by atoms with van der Waals surface area (Å²) in [6, 6.07) is 4.32. The van der Waals surface area contributed by atoms with Crippen LogP contribution in [0.15, 0.2) is 12.1 Å². The quantitative estimate of drug-likeness (QED) is 0.853. The van der Waals surface area contributed by atoms with Gasteiger partial charge >= 0.3 is 12.0 Å². The molecule has 0 amide bonds. The van der Waals surface area contributed by atoms with Crippen LogP contribution in [0.1, 0.15) is 30.5 Å². The molecule has 0 fully saturated rings. The largest absolute Gasteiger partial charge is 0.461 e. The van der Waals surface area contributed by atoms with Crippen molar-refractivity contribution < 1.29 is 9.47 Å². The molecule has 21 heavy (non-hydrogen) atoms. The average molecular weight is 308 g/mol. The highest BCUT2D eigenvalue weighted by Crippen LogP contribution is 2.29. The molecule has 1 aromatic carbocycles. The predicted octanol–water partition coefficient (Wildman–Crippen LogP) is 4.03. The molecule has 0 aliphatic rings. The van der Waals surface area contributed by atoms with Crippen LogP contribution >= 0.6 is 11.6 Å². The number of rotatable bonds is 4. The van der Waals surface area contributed by atoms with Gasteiger partial charge in [-0.2, -0.15) is 9.97 Å². The lowest BCUT2D eigenvalue weighted by molar-refractivity contribution is 0.218. The Morgan fingerprint density at radius 2 is 1.57 bits per heavy atom. The Bertz CT molecular complexity index is 660. The second-order valence-corrected chi connectivity index (χ2v) is 5.43. The highest BCUT2D eigenvalue weighted by Gasteiger charge is 2.13. The minimum atomic E-state index is -0.0567. The van der Waals surface area contributed by atoms with E-state index < -0.39 is 0 Å². The molecule has 0 saturated heterocycles. The van der Waals surface area contributed by atoms with Crippen LogP contribution in [0.5, 0.6) is 17.8 Å². The zero-order chi connectivity index (χ0) is 15.6. The van der Waals surface area contributed by atoms with Crippen molar-refractivity contribution in [3.63, 3.8) is 0 Å². The molecular weight excluding hydrogens is 290 g/mol. The van der Waals surface area contributed by atoms with Gasteiger partial charge in [-0.15, -0.1) is 4.98 Å². The maximum Gasteiger partial charge on any atom is 0.329 e. The van der Waals surface area contributed by atoms with Crippen molar-refractivity contribution >= 4 is 11.6 Å². The monoisotopic (exact) mass is 307 g/mol. The molecule has 0 radical (unpaired) electrons. The van der Waals surface area contributed by atoms with E-state index in [1.54, 1.807) is 0 Å². The highest BCUT2D eigenvalue weighted by molar-refractivity contribution is 6.28. The molecule has 0 N–H and O–H groups in total. The second-order valence-electron chi connectivity index (χ2n) is 5.09. The summed E-state index contributed by atoms with van der Waals surface area (Å²) >= 11 is 5.89. The second kappa shape index (κ2) is 6.26. The molecule has 0 saturated carbocycles. The minimum absolute atomic E-state index is 0.0404. The minimum Gasteiger partial charge on any atom is -0.461 e. The first-order valence-electron chi connectivity index (χ1n) is 6.69. The van der Waals surface area contributed by atoms with Crippen molar-refractivity contribution in [2.45, 2.75) is 40.7 Å². The summed E-state index contributed by atoms with van der Waals surface area (Å²) in [5.74, 6) is 0.729. The molecule has 112 valence electrons. The lowest BCUT2D eigenvalue weighted by atomic mass is 10.1. The molecule has 2 aromatic rings. The van der Waals surface area contributed by atoms with Crippen molar-refractivity contribution in [2.24, 2.45) is 0 Å². The summed E-state index contributed by atoms with van der Waals surface area (Å²) in [5.41, 5.74) is 3.17. The standard InChI is InChI=1S/C15H18ClN3O2/c1-8(2)20-14-17-13(16)18-15(19-14)21-12-10(4)7-6-9(3)11(12)5/h6-8H,1-5H3. The summed E-state index contributed by atoms with van der Waals surface area (Å²) < 4.78 is 11.2. The van der Waals surface area contributed by atoms with Crippen molar-refractivity contribution in [3.8, 4) is 17.8 Å². The van der Waals surface area contributed by atoms with Crippen LogP contribution in [-0.2, 0) is 0 Å². The molecular formula is C15H18ClN3O2. The number of halogens is 1. The molecule has 0 spiro atoms. The molecule has 1 aromatic heterocycles. The zero-order valence-corrected chi connectivity index (χ0v) is 13.5. The smallest absolute Gasteiger partial charge is 0.329 e. The lowest BCUT2D eigenvalue weighted by Gasteiger charge is -2.13. The molecule has 2 rings (SSSR count). The Balaban J connectivity index is 2.36. The molecule has 0 atom stereocenters. The van der Waals surface area contributed by atoms with Crippen LogP contribution in [0, 0.1) is 20.8 Å². The Labute approximate surface area is 129 Å². The number of hydrogen-bond acceptors (Lipinski definition) is 5. The number of nitrogens with zero attached hydrogens (tertiary/aromatic N) is 3. The van der Waals surface area contributed by atoms with E-state index in [0.29, 0.717) is 0 Å². The molecule has 0 unspecified atom stereocenters. The van der Waals surface area contributed by atoms with Crippen molar-refractivity contribution in [1.29, 1.82) is 0 Å². The average Bonchev–Trinajstić information content (AvgIpc) is 2.38. The van der Waals surface area contributed by atoms with Gasteiger partial charge in [0.25, 0.3) is 0 Å². The van der Waals surface area contributed by atoms with Gasteiger partial charge in [-0.3, -0.25) is 0 Å². The molecule has 0 aliphatic heterocycles. The van der Waals surface area contributed by atoms with Crippen molar-refractivity contribution in [3.05, 3.63) is 34.1 Å². The third kappa shape index (κ3) is 3.82. The van der Waals surface area contributed by atoms with E-state index in [1.165, 1.54) is 0 Å². The van der Waals surface area contributed by atoms with E-state index in [0.717, 1.165) is 22.4 Å². The van der Waals surface area contributed by atoms with Gasteiger partial charge in [0.2, 0.25) is 5.28 Å². The van der Waals surface area contributed by atoms with Crippen LogP contribution in [0.2, 0.25) is 5.28 Å². The maximum absolute atomic E-state index is 5.89. The molecule has 0 aliphatic carbocycles. The van der Waals surface area contributed by atoms with E-state index in [2.05, 4.69) is 15.0 Å². The van der Waals surface area contributed by atoms with Gasteiger partial charge < -0.3 is 9.47 Å². The van der Waals surface area contributed by atoms with E-state index in [4.69, 9.17) is 21.1 Å². The predicted molar refractivity (Wildman–Crippen MR) is 81.3 cm³/mol. The molecule has 1 heterocycles. The van der Waals surface area contributed by atoms with Crippen LogP contribution in [0.4, 0.5) is 0 Å². The molecule has 5 nitrogen and oxygen atoms in total. The maximum atomic E-state index is 5.89. The number of benzene rings is 1. The third-order valence-electron chi connectivity index (χ3n) is 2.98. The van der Waals surface area contributed by atoms with Gasteiger partial charge in [-0.25, -0.2) is 0 Å². The zero-order valence-electron chi connectivity index (χ0n) is 12.8. The fraction of sp³-hybridized carbons (Fsp3) is 0.400. The SMILES string of the molecule is Cc1ccc(C)c(Oc2nc(Cl)nc(OC(C)C)n2)c1C. The highest BCUT2D eigenvalue weighted by atomic mass is 35.5. The van der Waals surface area contributed by atoms with Crippen molar-refractivity contribution in [1.82, 2.24) is 15.0 Å². The van der Waals surface area contributed by atoms with Gasteiger partial charge in [0.05, 0.1) is 6.10 Å². The Hall–Kier alpha value is -1.88. The fourth-order valence-corrected chi connectivity index (χ4v) is 1.94. The summed E-state index contributed by atoms with van der Waals surface area (Å²) in [7, 11) is 0. The normalized spacial score (nSPS) is 10.8.